The average Bonchev–Trinajstić information content (AvgIpc) is 2.26. The molecule has 0 aromatic heterocycles. The minimum atomic E-state index is -3.46. The van der Waals surface area contributed by atoms with Crippen molar-refractivity contribution in [3.63, 3.8) is 0 Å². The predicted octanol–water partition coefficient (Wildman–Crippen LogP) is 2.01. The molecule has 0 unspecified atom stereocenters. The molecule has 0 amide bonds. The molecule has 1 aromatic carbocycles. The summed E-state index contributed by atoms with van der Waals surface area (Å²) in [7, 11) is -3.46. The molecule has 1 N–H and O–H groups in total. The van der Waals surface area contributed by atoms with Crippen molar-refractivity contribution in [1.82, 2.24) is 4.72 Å². The van der Waals surface area contributed by atoms with Crippen molar-refractivity contribution in [3.05, 3.63) is 28.2 Å². The number of nitriles is 1. The number of sulfonamides is 1. The summed E-state index contributed by atoms with van der Waals surface area (Å²) in [6.07, 6.45) is 0.733. The zero-order chi connectivity index (χ0) is 12.2. The second-order valence-electron chi connectivity index (χ2n) is 3.15. The summed E-state index contributed by atoms with van der Waals surface area (Å²) in [6, 6.07) is 6.28. The van der Waals surface area contributed by atoms with E-state index in [1.165, 1.54) is 18.2 Å². The Morgan fingerprint density at radius 1 is 1.50 bits per heavy atom. The van der Waals surface area contributed by atoms with Crippen LogP contribution in [0.1, 0.15) is 18.9 Å². The molecule has 16 heavy (non-hydrogen) atoms. The Morgan fingerprint density at radius 3 is 2.69 bits per heavy atom. The summed E-state index contributed by atoms with van der Waals surface area (Å²) in [5.74, 6) is 0. The number of hydrogen-bond donors (Lipinski definition) is 1. The van der Waals surface area contributed by atoms with Crippen molar-refractivity contribution >= 4 is 26.0 Å². The quantitative estimate of drug-likeness (QED) is 0.925. The lowest BCUT2D eigenvalue weighted by atomic mass is 10.2. The van der Waals surface area contributed by atoms with Gasteiger partial charge >= 0.3 is 0 Å². The van der Waals surface area contributed by atoms with Crippen molar-refractivity contribution in [3.8, 4) is 6.07 Å². The maximum atomic E-state index is 11.7. The minimum Gasteiger partial charge on any atom is -0.211 e. The van der Waals surface area contributed by atoms with Gasteiger partial charge in [-0.15, -0.1) is 0 Å². The molecule has 0 saturated carbocycles. The highest BCUT2D eigenvalue weighted by atomic mass is 79.9. The monoisotopic (exact) mass is 302 g/mol. The second-order valence-corrected chi connectivity index (χ2v) is 5.77. The van der Waals surface area contributed by atoms with Gasteiger partial charge in [0.15, 0.2) is 0 Å². The van der Waals surface area contributed by atoms with Crippen LogP contribution >= 0.6 is 15.9 Å². The topological polar surface area (TPSA) is 70.0 Å². The Kier molecular flexibility index (Phi) is 4.47. The third kappa shape index (κ3) is 3.04. The van der Waals surface area contributed by atoms with Gasteiger partial charge in [-0.25, -0.2) is 13.1 Å². The lowest BCUT2D eigenvalue weighted by Gasteiger charge is -2.06. The first-order valence-corrected chi connectivity index (χ1v) is 6.98. The fourth-order valence-electron chi connectivity index (χ4n) is 1.07. The van der Waals surface area contributed by atoms with Crippen LogP contribution in [0.2, 0.25) is 0 Å². The van der Waals surface area contributed by atoms with Gasteiger partial charge in [-0.2, -0.15) is 5.26 Å². The largest absolute Gasteiger partial charge is 0.240 e. The van der Waals surface area contributed by atoms with E-state index >= 15 is 0 Å². The van der Waals surface area contributed by atoms with Gasteiger partial charge in [0, 0.05) is 11.0 Å². The zero-order valence-corrected chi connectivity index (χ0v) is 11.1. The number of halogens is 1. The molecule has 4 nitrogen and oxygen atoms in total. The van der Waals surface area contributed by atoms with Gasteiger partial charge < -0.3 is 0 Å². The molecule has 0 aliphatic carbocycles. The van der Waals surface area contributed by atoms with E-state index in [-0.39, 0.29) is 4.90 Å². The molecule has 6 heteroatoms. The van der Waals surface area contributed by atoms with Gasteiger partial charge in [-0.3, -0.25) is 0 Å². The molecule has 0 bridgehead atoms. The molecule has 1 rings (SSSR count). The van der Waals surface area contributed by atoms with Crippen LogP contribution in [0.15, 0.2) is 27.6 Å². The molecule has 0 radical (unpaired) electrons. The standard InChI is InChI=1S/C10H11BrN2O2S/c1-2-5-13-16(14,15)9-4-3-8(7-12)10(11)6-9/h3-4,6,13H,2,5H2,1H3. The van der Waals surface area contributed by atoms with E-state index in [1.807, 2.05) is 13.0 Å². The van der Waals surface area contributed by atoms with Crippen LogP contribution < -0.4 is 4.72 Å². The van der Waals surface area contributed by atoms with Gasteiger partial charge in [0.1, 0.15) is 6.07 Å². The van der Waals surface area contributed by atoms with Gasteiger partial charge in [-0.05, 0) is 40.5 Å². The molecule has 0 saturated heterocycles. The van der Waals surface area contributed by atoms with Gasteiger partial charge in [0.2, 0.25) is 10.0 Å². The molecule has 1 aromatic rings. The van der Waals surface area contributed by atoms with Crippen LogP contribution in [-0.4, -0.2) is 15.0 Å². The Morgan fingerprint density at radius 2 is 2.19 bits per heavy atom. The van der Waals surface area contributed by atoms with Crippen LogP contribution in [-0.2, 0) is 10.0 Å². The van der Waals surface area contributed by atoms with E-state index in [2.05, 4.69) is 20.7 Å². The fraction of sp³-hybridized carbons (Fsp3) is 0.300. The van der Waals surface area contributed by atoms with Crippen molar-refractivity contribution < 1.29 is 8.42 Å². The molecular formula is C10H11BrN2O2S. The highest BCUT2D eigenvalue weighted by molar-refractivity contribution is 9.10. The Bertz CT molecular complexity index is 520. The SMILES string of the molecule is CCCNS(=O)(=O)c1ccc(C#N)c(Br)c1. The molecule has 0 spiro atoms. The third-order valence-electron chi connectivity index (χ3n) is 1.91. The van der Waals surface area contributed by atoms with Crippen LogP contribution in [0, 0.1) is 11.3 Å². The number of benzene rings is 1. The lowest BCUT2D eigenvalue weighted by Crippen LogP contribution is -2.24. The third-order valence-corrected chi connectivity index (χ3v) is 4.03. The summed E-state index contributed by atoms with van der Waals surface area (Å²) in [6.45, 7) is 2.29. The first-order valence-electron chi connectivity index (χ1n) is 4.70. The van der Waals surface area contributed by atoms with Crippen molar-refractivity contribution in [2.24, 2.45) is 0 Å². The lowest BCUT2D eigenvalue weighted by molar-refractivity contribution is 0.580. The highest BCUT2D eigenvalue weighted by Gasteiger charge is 2.14. The van der Waals surface area contributed by atoms with Gasteiger partial charge in [0.05, 0.1) is 10.5 Å². The van der Waals surface area contributed by atoms with Crippen LogP contribution in [0.25, 0.3) is 0 Å². The Hall–Kier alpha value is -0.900. The Labute approximate surface area is 103 Å². The van der Waals surface area contributed by atoms with Gasteiger partial charge in [-0.1, -0.05) is 6.92 Å². The van der Waals surface area contributed by atoms with Crippen molar-refractivity contribution in [2.75, 3.05) is 6.54 Å². The maximum absolute atomic E-state index is 11.7. The number of nitrogens with one attached hydrogen (secondary N) is 1. The van der Waals surface area contributed by atoms with E-state index in [1.54, 1.807) is 0 Å². The summed E-state index contributed by atoms with van der Waals surface area (Å²) in [4.78, 5) is 0.159. The number of nitrogens with zero attached hydrogens (tertiary/aromatic N) is 1. The Balaban J connectivity index is 3.07. The summed E-state index contributed by atoms with van der Waals surface area (Å²) in [5.41, 5.74) is 0.412. The van der Waals surface area contributed by atoms with E-state index in [4.69, 9.17) is 5.26 Å². The molecule has 0 fully saturated rings. The first-order chi connectivity index (χ1) is 7.51. The molecule has 0 aliphatic heterocycles. The fourth-order valence-corrected chi connectivity index (χ4v) is 2.85. The van der Waals surface area contributed by atoms with Crippen LogP contribution in [0.3, 0.4) is 0 Å². The summed E-state index contributed by atoms with van der Waals surface area (Å²) >= 11 is 3.15. The normalized spacial score (nSPS) is 11.1. The predicted molar refractivity (Wildman–Crippen MR) is 64.3 cm³/mol. The number of hydrogen-bond acceptors (Lipinski definition) is 3. The summed E-state index contributed by atoms with van der Waals surface area (Å²) < 4.78 is 26.4. The van der Waals surface area contributed by atoms with Crippen molar-refractivity contribution in [2.45, 2.75) is 18.2 Å². The van der Waals surface area contributed by atoms with E-state index < -0.39 is 10.0 Å². The smallest absolute Gasteiger partial charge is 0.211 e. The molecule has 0 aliphatic rings. The molecule has 0 heterocycles. The molecule has 0 atom stereocenters. The zero-order valence-electron chi connectivity index (χ0n) is 8.70. The average molecular weight is 303 g/mol. The van der Waals surface area contributed by atoms with E-state index in [0.717, 1.165) is 6.42 Å². The van der Waals surface area contributed by atoms with E-state index in [9.17, 15) is 8.42 Å². The van der Waals surface area contributed by atoms with Gasteiger partial charge in [0.25, 0.3) is 0 Å². The number of rotatable bonds is 4. The molecular weight excluding hydrogens is 292 g/mol. The summed E-state index contributed by atoms with van der Waals surface area (Å²) in [5, 5.41) is 8.71. The maximum Gasteiger partial charge on any atom is 0.240 e. The van der Waals surface area contributed by atoms with Crippen molar-refractivity contribution in [1.29, 1.82) is 5.26 Å². The van der Waals surface area contributed by atoms with Crippen LogP contribution in [0.5, 0.6) is 0 Å². The van der Waals surface area contributed by atoms with Crippen LogP contribution in [0.4, 0.5) is 0 Å². The first kappa shape index (κ1) is 13.2. The highest BCUT2D eigenvalue weighted by Crippen LogP contribution is 2.20. The van der Waals surface area contributed by atoms with E-state index in [0.29, 0.717) is 16.6 Å². The second kappa shape index (κ2) is 5.43. The minimum absolute atomic E-state index is 0.159. The molecule has 86 valence electrons.